The van der Waals surface area contributed by atoms with E-state index in [1.165, 1.54) is 0 Å². The molecule has 0 spiro atoms. The van der Waals surface area contributed by atoms with Gasteiger partial charge in [0.25, 0.3) is 0 Å². The van der Waals surface area contributed by atoms with Crippen molar-refractivity contribution in [3.05, 3.63) is 36.0 Å². The summed E-state index contributed by atoms with van der Waals surface area (Å²) in [7, 11) is 0. The molecule has 0 aliphatic carbocycles. The van der Waals surface area contributed by atoms with Crippen LogP contribution in [0.15, 0.2) is 60.4 Å². The summed E-state index contributed by atoms with van der Waals surface area (Å²) in [5, 5.41) is 32.2. The standard InChI is InChI=1S/C59H108N30O10/c60-23-5-3-16-37(82-45(90)35(62)14-7-25-75-54(63)64)46(91)83-38(17-4-6-24-61)47(92)84-39(18-8-26-76-55(65)66)48(93)86-42(21-11-29-79-58(71)72)51(96)89-44(31-33-32-81-36-15-2-1-13-34(33)36)52(97)87-40(19-9-27-77-56(67)68)49(94)85-41(20-10-28-78-57(69)70)50(95)88-43(53(98)99)22-12-30-80-59(73)74/h1-2,13,15,32,35,37-44,81H,3-12,14,16-31,60-62H2,(H,82,90)(H,83,91)(H,84,92)(H,85,94)(H,86,93)(H,87,97)(H,88,95)(H,89,96)(H,98,99)(H4,63,64,75)(H4,65,66,76)(H4,67,68,77)(H4,69,70,78)(H4,71,72,79)(H4,73,74,80)/t35-,37+,38+,39+,40+,41+,42-,43-,44+/m1/s1. The molecule has 0 aliphatic heterocycles. The van der Waals surface area contributed by atoms with Crippen molar-refractivity contribution in [2.24, 2.45) is 116 Å². The van der Waals surface area contributed by atoms with Crippen LogP contribution in [0.3, 0.4) is 0 Å². The Bertz CT molecular complexity index is 3060. The number of fused-ring (bicyclic) bond motifs is 1. The van der Waals surface area contributed by atoms with Crippen LogP contribution in [0.25, 0.3) is 10.9 Å². The van der Waals surface area contributed by atoms with Crippen LogP contribution in [-0.4, -0.2) is 206 Å². The van der Waals surface area contributed by atoms with Crippen molar-refractivity contribution in [2.45, 2.75) is 176 Å². The number of nitrogens with two attached hydrogens (primary N) is 15. The molecule has 0 bridgehead atoms. The van der Waals surface area contributed by atoms with Gasteiger partial charge in [-0.05, 0) is 140 Å². The maximum Gasteiger partial charge on any atom is 0.326 e. The van der Waals surface area contributed by atoms with E-state index in [0.717, 1.165) is 0 Å². The van der Waals surface area contributed by atoms with Gasteiger partial charge in [0.1, 0.15) is 48.3 Å². The Balaban J connectivity index is 2.75. The van der Waals surface area contributed by atoms with Gasteiger partial charge in [-0.3, -0.25) is 68.3 Å². The monoisotopic (exact) mass is 1400 g/mol. The minimum atomic E-state index is -1.56. The van der Waals surface area contributed by atoms with E-state index in [1.807, 2.05) is 0 Å². The first-order chi connectivity index (χ1) is 47.1. The lowest BCUT2D eigenvalue weighted by molar-refractivity contribution is -0.142. The van der Waals surface area contributed by atoms with Crippen LogP contribution < -0.4 is 129 Å². The lowest BCUT2D eigenvalue weighted by Crippen LogP contribution is -2.60. The number of carboxylic acid groups (broad SMARTS) is 1. The van der Waals surface area contributed by atoms with Crippen LogP contribution >= 0.6 is 0 Å². The normalized spacial score (nSPS) is 13.6. The zero-order chi connectivity index (χ0) is 73.8. The fourth-order valence-electron chi connectivity index (χ4n) is 9.94. The van der Waals surface area contributed by atoms with Gasteiger partial charge in [-0.25, -0.2) is 4.79 Å². The van der Waals surface area contributed by atoms with Gasteiger partial charge >= 0.3 is 5.97 Å². The maximum absolute atomic E-state index is 15.1. The van der Waals surface area contributed by atoms with Gasteiger partial charge in [-0.1, -0.05) is 18.2 Å². The van der Waals surface area contributed by atoms with E-state index in [0.29, 0.717) is 48.6 Å². The number of amides is 8. The molecule has 0 saturated heterocycles. The number of guanidine groups is 6. The Morgan fingerprint density at radius 3 is 0.929 bits per heavy atom. The molecule has 0 fully saturated rings. The number of hydrogen-bond acceptors (Lipinski definition) is 18. The quantitative estimate of drug-likeness (QED) is 0.0166. The van der Waals surface area contributed by atoms with Crippen LogP contribution in [0.4, 0.5) is 0 Å². The molecule has 0 unspecified atom stereocenters. The third-order valence-electron chi connectivity index (χ3n) is 15.1. The first-order valence-corrected chi connectivity index (χ1v) is 32.8. The van der Waals surface area contributed by atoms with Crippen molar-refractivity contribution >= 4 is 99.9 Å². The third kappa shape index (κ3) is 35.9. The van der Waals surface area contributed by atoms with Crippen molar-refractivity contribution in [1.29, 1.82) is 0 Å². The van der Waals surface area contributed by atoms with E-state index < -0.39 is 108 Å². The average Bonchev–Trinajstić information content (AvgIpc) is 1.75. The van der Waals surface area contributed by atoms with E-state index in [2.05, 4.69) is 77.5 Å². The van der Waals surface area contributed by atoms with Crippen molar-refractivity contribution in [2.75, 3.05) is 52.4 Å². The van der Waals surface area contributed by atoms with Crippen LogP contribution in [0, 0.1) is 0 Å². The van der Waals surface area contributed by atoms with E-state index in [1.54, 1.807) is 30.5 Å². The van der Waals surface area contributed by atoms with Gasteiger partial charge in [0.05, 0.1) is 6.04 Å². The summed E-state index contributed by atoms with van der Waals surface area (Å²) in [6, 6.07) is -5.40. The second kappa shape index (κ2) is 47.4. The Hall–Kier alpha value is -10.5. The fourth-order valence-corrected chi connectivity index (χ4v) is 9.94. The Kier molecular flexibility index (Phi) is 40.5. The average molecular weight is 1400 g/mol. The second-order valence-corrected chi connectivity index (χ2v) is 23.3. The third-order valence-corrected chi connectivity index (χ3v) is 15.1. The highest BCUT2D eigenvalue weighted by atomic mass is 16.4. The van der Waals surface area contributed by atoms with Gasteiger partial charge in [0.15, 0.2) is 35.8 Å². The first kappa shape index (κ1) is 84.6. The predicted molar refractivity (Wildman–Crippen MR) is 378 cm³/mol. The fraction of sp³-hybridized carbons (Fsp3) is 0.610. The first-order valence-electron chi connectivity index (χ1n) is 32.8. The molecule has 1 aromatic carbocycles. The zero-order valence-electron chi connectivity index (χ0n) is 56.1. The van der Waals surface area contributed by atoms with Gasteiger partial charge in [-0.2, -0.15) is 0 Å². The summed E-state index contributed by atoms with van der Waals surface area (Å²) >= 11 is 0. The topological polar surface area (TPSA) is 750 Å². The molecular weight excluding hydrogens is 1290 g/mol. The molecule has 0 radical (unpaired) electrons. The SMILES string of the molecule is NCCCC[C@H](NC(=O)[C@H](N)CCCN=C(N)N)C(=O)N[C@@H](CCCCN)C(=O)N[C@@H](CCCN=C(N)N)C(=O)N[C@H](CCCN=C(N)N)C(=O)N[C@@H](Cc1c[nH]c2ccccc12)C(=O)N[C@@H](CCCN=C(N)N)C(=O)N[C@@H](CCCN=C(N)N)C(=O)N[C@H](CCCN=C(N)N)C(=O)O. The van der Waals surface area contributed by atoms with E-state index in [4.69, 9.17) is 86.0 Å². The second-order valence-electron chi connectivity index (χ2n) is 23.3. The number of rotatable bonds is 51. The molecule has 8 amide bonds. The van der Waals surface area contributed by atoms with E-state index in [9.17, 15) is 38.7 Å². The summed E-state index contributed by atoms with van der Waals surface area (Å²) in [5.74, 6) is -9.61. The predicted octanol–water partition coefficient (Wildman–Crippen LogP) is -8.42. The minimum absolute atomic E-state index is 0.0000763. The Morgan fingerprint density at radius 2 is 0.616 bits per heavy atom. The van der Waals surface area contributed by atoms with Crippen molar-refractivity contribution < 1.29 is 48.3 Å². The maximum atomic E-state index is 15.1. The van der Waals surface area contributed by atoms with E-state index in [-0.39, 0.29) is 178 Å². The molecule has 40 N–H and O–H groups in total. The largest absolute Gasteiger partial charge is 0.480 e. The van der Waals surface area contributed by atoms with Crippen LogP contribution in [0.5, 0.6) is 0 Å². The van der Waals surface area contributed by atoms with Gasteiger partial charge in [-0.15, -0.1) is 0 Å². The summed E-state index contributed by atoms with van der Waals surface area (Å²) < 4.78 is 0. The molecule has 0 saturated carbocycles. The number of hydrogen-bond donors (Lipinski definition) is 25. The number of nitrogens with one attached hydrogen (secondary N) is 9. The number of unbranched alkanes of at least 4 members (excludes halogenated alkanes) is 2. The number of carbonyl (C=O) groups is 9. The molecule has 1 aromatic heterocycles. The van der Waals surface area contributed by atoms with Crippen molar-refractivity contribution in [3.8, 4) is 0 Å². The number of aromatic amines is 1. The molecule has 2 aromatic rings. The molecule has 99 heavy (non-hydrogen) atoms. The summed E-state index contributed by atoms with van der Waals surface area (Å²) in [6.07, 6.45) is 3.42. The minimum Gasteiger partial charge on any atom is -0.480 e. The highest BCUT2D eigenvalue weighted by Gasteiger charge is 2.36. The number of aliphatic imine (C=N–C) groups is 6. The van der Waals surface area contributed by atoms with E-state index >= 15 is 9.59 Å². The molecule has 1 heterocycles. The highest BCUT2D eigenvalue weighted by Crippen LogP contribution is 2.20. The number of aromatic nitrogens is 1. The molecule has 2 rings (SSSR count). The van der Waals surface area contributed by atoms with Crippen LogP contribution in [0.1, 0.15) is 121 Å². The number of nitrogens with zero attached hydrogens (tertiary/aromatic N) is 6. The Labute approximate surface area is 574 Å². The van der Waals surface area contributed by atoms with Crippen LogP contribution in [-0.2, 0) is 49.6 Å². The number of aliphatic carboxylic acids is 1. The smallest absolute Gasteiger partial charge is 0.326 e. The molecule has 40 heteroatoms. The number of para-hydroxylation sites is 1. The molecule has 40 nitrogen and oxygen atoms in total. The number of carboxylic acids is 1. The summed E-state index contributed by atoms with van der Waals surface area (Å²) in [5.41, 5.74) is 85.5. The van der Waals surface area contributed by atoms with Gasteiger partial charge in [0.2, 0.25) is 47.3 Å². The lowest BCUT2D eigenvalue weighted by atomic mass is 10.0. The van der Waals surface area contributed by atoms with Crippen molar-refractivity contribution in [1.82, 2.24) is 47.5 Å². The summed E-state index contributed by atoms with van der Waals surface area (Å²) in [6.45, 7) is 0.698. The molecule has 554 valence electrons. The lowest BCUT2D eigenvalue weighted by Gasteiger charge is -2.28. The zero-order valence-corrected chi connectivity index (χ0v) is 56.1. The number of H-pyrrole nitrogens is 1. The number of benzene rings is 1. The number of carbonyl (C=O) groups excluding carboxylic acids is 8. The highest BCUT2D eigenvalue weighted by molar-refractivity contribution is 5.99. The van der Waals surface area contributed by atoms with Crippen LogP contribution in [0.2, 0.25) is 0 Å². The molecule has 9 atom stereocenters. The summed E-state index contributed by atoms with van der Waals surface area (Å²) in [4.78, 5) is 155. The van der Waals surface area contributed by atoms with Crippen molar-refractivity contribution in [3.63, 3.8) is 0 Å². The molecular formula is C59H108N30O10. The van der Waals surface area contributed by atoms with Gasteiger partial charge < -0.3 is 139 Å². The van der Waals surface area contributed by atoms with Gasteiger partial charge in [0, 0.05) is 62.8 Å². The molecule has 0 aliphatic rings. The Morgan fingerprint density at radius 1 is 0.354 bits per heavy atom.